The normalized spacial score (nSPS) is 10.1. The Morgan fingerprint density at radius 1 is 1.15 bits per heavy atom. The third-order valence-corrected chi connectivity index (χ3v) is 3.20. The molecule has 0 spiro atoms. The van der Waals surface area contributed by atoms with Crippen molar-refractivity contribution in [3.05, 3.63) is 44.7 Å². The van der Waals surface area contributed by atoms with Crippen LogP contribution in [0.3, 0.4) is 0 Å². The van der Waals surface area contributed by atoms with Crippen LogP contribution in [0.4, 0.5) is 11.4 Å². The molecule has 0 fully saturated rings. The number of methoxy groups -OCH3 is 2. The minimum Gasteiger partial charge on any atom is -0.497 e. The summed E-state index contributed by atoms with van der Waals surface area (Å²) in [6.07, 6.45) is 0. The molecule has 5 N–H and O–H groups in total. The van der Waals surface area contributed by atoms with Crippen LogP contribution >= 0.6 is 0 Å². The Morgan fingerprint density at radius 2 is 1.88 bits per heavy atom. The van der Waals surface area contributed by atoms with Crippen LogP contribution < -0.4 is 31.8 Å². The number of benzene rings is 1. The number of nitrogens with one attached hydrogen (secondary N) is 3. The maximum absolute atomic E-state index is 12.0. The monoisotopic (exact) mass is 364 g/mol. The van der Waals surface area contributed by atoms with Gasteiger partial charge in [-0.3, -0.25) is 19.6 Å². The highest BCUT2D eigenvalue weighted by Crippen LogP contribution is 2.28. The zero-order valence-corrected chi connectivity index (χ0v) is 13.9. The van der Waals surface area contributed by atoms with E-state index >= 15 is 0 Å². The molecule has 0 saturated carbocycles. The van der Waals surface area contributed by atoms with Crippen molar-refractivity contribution in [1.82, 2.24) is 9.97 Å². The molecule has 1 heterocycles. The SMILES string of the molecule is COc1ccc(OC)c(NC(=O)COC(=O)c2[nH]c(=O)[nH]c(=O)c2N)c1. The lowest BCUT2D eigenvalue weighted by Crippen LogP contribution is -2.30. The van der Waals surface area contributed by atoms with Crippen molar-refractivity contribution in [2.75, 3.05) is 31.9 Å². The van der Waals surface area contributed by atoms with Gasteiger partial charge in [0, 0.05) is 6.07 Å². The van der Waals surface area contributed by atoms with Crippen molar-refractivity contribution >= 4 is 23.3 Å². The smallest absolute Gasteiger partial charge is 0.357 e. The summed E-state index contributed by atoms with van der Waals surface area (Å²) in [5, 5.41) is 2.49. The number of rotatable bonds is 6. The van der Waals surface area contributed by atoms with Gasteiger partial charge in [-0.1, -0.05) is 0 Å². The Hall–Kier alpha value is -3.76. The van der Waals surface area contributed by atoms with Gasteiger partial charge in [-0.15, -0.1) is 0 Å². The lowest BCUT2D eigenvalue weighted by Gasteiger charge is -2.12. The maximum Gasteiger partial charge on any atom is 0.357 e. The highest BCUT2D eigenvalue weighted by Gasteiger charge is 2.18. The number of carbonyl (C=O) groups excluding carboxylic acids is 2. The summed E-state index contributed by atoms with van der Waals surface area (Å²) in [5.74, 6) is -0.963. The Morgan fingerprint density at radius 3 is 2.54 bits per heavy atom. The van der Waals surface area contributed by atoms with Gasteiger partial charge in [0.25, 0.3) is 11.5 Å². The standard InChI is InChI=1S/C15H16N4O7/c1-24-7-3-4-9(25-2)8(5-7)17-10(20)6-26-14(22)12-11(16)13(21)19-15(23)18-12/h3-5H,6,16H2,1-2H3,(H,17,20)(H2,18,19,21,23). The number of carbonyl (C=O) groups is 2. The van der Waals surface area contributed by atoms with Crippen LogP contribution in [-0.2, 0) is 9.53 Å². The van der Waals surface area contributed by atoms with Crippen LogP contribution in [0.15, 0.2) is 27.8 Å². The zero-order chi connectivity index (χ0) is 19.3. The molecule has 0 bridgehead atoms. The number of hydrogen-bond acceptors (Lipinski definition) is 8. The van der Waals surface area contributed by atoms with E-state index in [0.717, 1.165) is 0 Å². The first-order chi connectivity index (χ1) is 12.3. The van der Waals surface area contributed by atoms with Gasteiger partial charge in [0.15, 0.2) is 12.3 Å². The van der Waals surface area contributed by atoms with E-state index in [1.165, 1.54) is 20.3 Å². The number of hydrogen-bond donors (Lipinski definition) is 4. The Kier molecular flexibility index (Phi) is 5.63. The van der Waals surface area contributed by atoms with E-state index in [1.54, 1.807) is 12.1 Å². The summed E-state index contributed by atoms with van der Waals surface area (Å²) in [4.78, 5) is 50.3. The molecule has 1 aromatic heterocycles. The van der Waals surface area contributed by atoms with Crippen LogP contribution in [0.5, 0.6) is 11.5 Å². The third-order valence-electron chi connectivity index (χ3n) is 3.20. The summed E-state index contributed by atoms with van der Waals surface area (Å²) >= 11 is 0. The van der Waals surface area contributed by atoms with Crippen LogP contribution in [0.2, 0.25) is 0 Å². The molecule has 1 amide bonds. The summed E-state index contributed by atoms with van der Waals surface area (Å²) < 4.78 is 14.9. The minimum atomic E-state index is -1.13. The van der Waals surface area contributed by atoms with E-state index in [4.69, 9.17) is 19.9 Å². The number of H-pyrrole nitrogens is 2. The Balaban J connectivity index is 2.07. The Labute approximate surface area is 146 Å². The van der Waals surface area contributed by atoms with Crippen molar-refractivity contribution in [1.29, 1.82) is 0 Å². The van der Waals surface area contributed by atoms with Crippen molar-refractivity contribution in [2.24, 2.45) is 0 Å². The van der Waals surface area contributed by atoms with E-state index in [9.17, 15) is 19.2 Å². The number of amides is 1. The lowest BCUT2D eigenvalue weighted by molar-refractivity contribution is -0.119. The summed E-state index contributed by atoms with van der Waals surface area (Å²) in [7, 11) is 2.88. The molecule has 2 aromatic rings. The highest BCUT2D eigenvalue weighted by molar-refractivity contribution is 5.97. The molecule has 11 nitrogen and oxygen atoms in total. The molecular formula is C15H16N4O7. The largest absolute Gasteiger partial charge is 0.497 e. The number of anilines is 2. The molecule has 0 atom stereocenters. The number of aromatic nitrogens is 2. The van der Waals surface area contributed by atoms with Crippen molar-refractivity contribution in [3.8, 4) is 11.5 Å². The quantitative estimate of drug-likeness (QED) is 0.496. The summed E-state index contributed by atoms with van der Waals surface area (Å²) in [6, 6.07) is 4.74. The number of ether oxygens (including phenoxy) is 3. The molecule has 0 unspecified atom stereocenters. The van der Waals surface area contributed by atoms with Crippen molar-refractivity contribution < 1.29 is 23.8 Å². The van der Waals surface area contributed by atoms with Crippen LogP contribution in [0.1, 0.15) is 10.5 Å². The molecule has 138 valence electrons. The van der Waals surface area contributed by atoms with E-state index in [0.29, 0.717) is 17.2 Å². The predicted molar refractivity (Wildman–Crippen MR) is 90.6 cm³/mol. The number of aromatic amines is 2. The number of nitrogens with two attached hydrogens (primary N) is 1. The van der Waals surface area contributed by atoms with E-state index in [1.807, 2.05) is 9.97 Å². The van der Waals surface area contributed by atoms with E-state index in [2.05, 4.69) is 5.32 Å². The lowest BCUT2D eigenvalue weighted by atomic mass is 10.2. The number of esters is 1. The molecule has 0 saturated heterocycles. The maximum atomic E-state index is 12.0. The highest BCUT2D eigenvalue weighted by atomic mass is 16.5. The number of nitrogen functional groups attached to an aromatic ring is 1. The van der Waals surface area contributed by atoms with Gasteiger partial charge in [0.2, 0.25) is 0 Å². The molecule has 0 radical (unpaired) electrons. The molecule has 26 heavy (non-hydrogen) atoms. The second kappa shape index (κ2) is 7.88. The first-order valence-electron chi connectivity index (χ1n) is 7.16. The van der Waals surface area contributed by atoms with E-state index in [-0.39, 0.29) is 0 Å². The molecule has 0 aliphatic heterocycles. The average Bonchev–Trinajstić information content (AvgIpc) is 2.62. The topological polar surface area (TPSA) is 166 Å². The fraction of sp³-hybridized carbons (Fsp3) is 0.200. The van der Waals surface area contributed by atoms with Gasteiger partial charge < -0.3 is 25.3 Å². The predicted octanol–water partition coefficient (Wildman–Crippen LogP) is -0.542. The third kappa shape index (κ3) is 4.20. The molecule has 0 aliphatic carbocycles. The van der Waals surface area contributed by atoms with Crippen LogP contribution in [-0.4, -0.2) is 42.7 Å². The van der Waals surface area contributed by atoms with Crippen molar-refractivity contribution in [2.45, 2.75) is 0 Å². The van der Waals surface area contributed by atoms with Gasteiger partial charge >= 0.3 is 11.7 Å². The zero-order valence-electron chi connectivity index (χ0n) is 13.9. The van der Waals surface area contributed by atoms with Gasteiger partial charge in [-0.2, -0.15) is 0 Å². The molecule has 2 rings (SSSR count). The van der Waals surface area contributed by atoms with Gasteiger partial charge in [0.1, 0.15) is 17.2 Å². The van der Waals surface area contributed by atoms with Gasteiger partial charge in [-0.05, 0) is 12.1 Å². The minimum absolute atomic E-state index is 0.303. The first kappa shape index (κ1) is 18.6. The van der Waals surface area contributed by atoms with Crippen LogP contribution in [0.25, 0.3) is 0 Å². The molecular weight excluding hydrogens is 348 g/mol. The second-order valence-corrected chi connectivity index (χ2v) is 4.89. The fourth-order valence-electron chi connectivity index (χ4n) is 1.96. The van der Waals surface area contributed by atoms with Crippen LogP contribution in [0, 0.1) is 0 Å². The summed E-state index contributed by atoms with van der Waals surface area (Å²) in [5.41, 5.74) is 2.78. The molecule has 11 heteroatoms. The molecule has 1 aromatic carbocycles. The first-order valence-corrected chi connectivity index (χ1v) is 7.16. The second-order valence-electron chi connectivity index (χ2n) is 4.89. The Bertz CT molecular complexity index is 948. The van der Waals surface area contributed by atoms with Crippen molar-refractivity contribution in [3.63, 3.8) is 0 Å². The van der Waals surface area contributed by atoms with Gasteiger partial charge in [0.05, 0.1) is 19.9 Å². The average molecular weight is 364 g/mol. The summed E-state index contributed by atoms with van der Waals surface area (Å²) in [6.45, 7) is -0.687. The molecule has 0 aliphatic rings. The fourth-order valence-corrected chi connectivity index (χ4v) is 1.96. The van der Waals surface area contributed by atoms with Gasteiger partial charge in [-0.25, -0.2) is 9.59 Å². The van der Waals surface area contributed by atoms with E-state index < -0.39 is 41.1 Å².